The van der Waals surface area contributed by atoms with Crippen LogP contribution in [0, 0.1) is 0 Å². The molecule has 1 fully saturated rings. The zero-order valence-corrected chi connectivity index (χ0v) is 16.7. The number of nitrogens with zero attached hydrogens (tertiary/aromatic N) is 1. The standard InChI is InChI=1S/C17H19BrN4O4S/c18-13-3-1-2-4-15(22-16(13)21-14-9-10-26-17(14)23)20-11-5-7-12(8-6-11)27(19,24)25/h1,3,5-8,14,21H,2,4,9-10H2,(H,20,22)(H2,19,24,25)/b3-1-,16-13+. The number of aliphatic imine (C=N–C) groups is 1. The van der Waals surface area contributed by atoms with Gasteiger partial charge >= 0.3 is 5.97 Å². The van der Waals surface area contributed by atoms with E-state index in [0.717, 1.165) is 10.9 Å². The molecule has 0 aliphatic carbocycles. The Morgan fingerprint density at radius 1 is 1.26 bits per heavy atom. The van der Waals surface area contributed by atoms with Crippen molar-refractivity contribution in [1.29, 1.82) is 0 Å². The predicted octanol–water partition coefficient (Wildman–Crippen LogP) is 1.96. The zero-order chi connectivity index (χ0) is 19.4. The van der Waals surface area contributed by atoms with Gasteiger partial charge in [0.1, 0.15) is 17.7 Å². The lowest BCUT2D eigenvalue weighted by Gasteiger charge is -2.16. The molecule has 0 aromatic heterocycles. The normalized spacial score (nSPS) is 26.4. The number of hydrogen-bond donors (Lipinski definition) is 3. The Kier molecular flexibility index (Phi) is 5.98. The van der Waals surface area contributed by atoms with Crippen LogP contribution >= 0.6 is 15.9 Å². The number of carbonyl (C=O) groups excluding carboxylic acids is 1. The number of esters is 1. The molecule has 1 aromatic carbocycles. The third-order valence-corrected chi connectivity index (χ3v) is 5.57. The Balaban J connectivity index is 1.81. The number of halogens is 1. The van der Waals surface area contributed by atoms with Crippen molar-refractivity contribution >= 4 is 43.4 Å². The molecule has 10 heteroatoms. The Labute approximate surface area is 165 Å². The maximum absolute atomic E-state index is 11.7. The average Bonchev–Trinajstić information content (AvgIpc) is 3.01. The van der Waals surface area contributed by atoms with Gasteiger partial charge in [-0.15, -0.1) is 0 Å². The van der Waals surface area contributed by atoms with Crippen molar-refractivity contribution in [1.82, 2.24) is 5.32 Å². The molecule has 27 heavy (non-hydrogen) atoms. The second-order valence-corrected chi connectivity index (χ2v) is 8.46. The zero-order valence-electron chi connectivity index (χ0n) is 14.3. The largest absolute Gasteiger partial charge is 0.464 e. The molecule has 0 spiro atoms. The van der Waals surface area contributed by atoms with Gasteiger partial charge in [0.2, 0.25) is 10.0 Å². The molecule has 2 aliphatic rings. The molecule has 4 N–H and O–H groups in total. The van der Waals surface area contributed by atoms with Crippen molar-refractivity contribution in [3.8, 4) is 0 Å². The van der Waals surface area contributed by atoms with Crippen LogP contribution in [0.15, 0.2) is 56.6 Å². The van der Waals surface area contributed by atoms with Crippen molar-refractivity contribution in [3.05, 3.63) is 46.7 Å². The van der Waals surface area contributed by atoms with Gasteiger partial charge in [-0.2, -0.15) is 0 Å². The van der Waals surface area contributed by atoms with Gasteiger partial charge in [-0.05, 0) is 52.7 Å². The smallest absolute Gasteiger partial charge is 0.328 e. The molecule has 1 unspecified atom stereocenters. The van der Waals surface area contributed by atoms with Crippen LogP contribution in [0.1, 0.15) is 19.3 Å². The summed E-state index contributed by atoms with van der Waals surface area (Å²) in [6, 6.07) is 5.68. The van der Waals surface area contributed by atoms with E-state index in [1.807, 2.05) is 12.2 Å². The molecule has 144 valence electrons. The molecule has 1 aromatic rings. The van der Waals surface area contributed by atoms with E-state index in [9.17, 15) is 13.2 Å². The number of anilines is 1. The topological polar surface area (TPSA) is 123 Å². The molecule has 8 nitrogen and oxygen atoms in total. The fourth-order valence-corrected chi connectivity index (χ4v) is 3.51. The maximum atomic E-state index is 11.7. The minimum absolute atomic E-state index is 0.0420. The van der Waals surface area contributed by atoms with E-state index in [2.05, 4.69) is 31.6 Å². The van der Waals surface area contributed by atoms with E-state index in [-0.39, 0.29) is 10.9 Å². The number of sulfonamides is 1. The third kappa shape index (κ3) is 5.18. The average molecular weight is 455 g/mol. The summed E-state index contributed by atoms with van der Waals surface area (Å²) in [4.78, 5) is 16.4. The minimum atomic E-state index is -3.73. The highest BCUT2D eigenvalue weighted by atomic mass is 79.9. The molecule has 0 radical (unpaired) electrons. The predicted molar refractivity (Wildman–Crippen MR) is 106 cm³/mol. The summed E-state index contributed by atoms with van der Waals surface area (Å²) in [5.41, 5.74) is 0.682. The van der Waals surface area contributed by atoms with E-state index in [4.69, 9.17) is 9.88 Å². The highest BCUT2D eigenvalue weighted by molar-refractivity contribution is 9.11. The Bertz CT molecular complexity index is 923. The van der Waals surface area contributed by atoms with Crippen LogP contribution in [-0.2, 0) is 19.6 Å². The lowest BCUT2D eigenvalue weighted by molar-refractivity contribution is -0.139. The number of hydrogen-bond acceptors (Lipinski definition) is 7. The van der Waals surface area contributed by atoms with Crippen LogP contribution in [0.3, 0.4) is 0 Å². The summed E-state index contributed by atoms with van der Waals surface area (Å²) in [7, 11) is -3.73. The number of rotatable bonds is 4. The van der Waals surface area contributed by atoms with E-state index in [1.165, 1.54) is 12.1 Å². The van der Waals surface area contributed by atoms with Crippen LogP contribution in [0.25, 0.3) is 0 Å². The van der Waals surface area contributed by atoms with Crippen molar-refractivity contribution in [2.24, 2.45) is 10.1 Å². The van der Waals surface area contributed by atoms with Crippen LogP contribution in [0.4, 0.5) is 5.69 Å². The number of amidine groups is 1. The van der Waals surface area contributed by atoms with Crippen LogP contribution < -0.4 is 15.8 Å². The van der Waals surface area contributed by atoms with Gasteiger partial charge in [0.25, 0.3) is 0 Å². The Hall–Kier alpha value is -2.17. The number of cyclic esters (lactones) is 1. The third-order valence-electron chi connectivity index (χ3n) is 4.00. The van der Waals surface area contributed by atoms with E-state index in [1.54, 1.807) is 12.1 Å². The quantitative estimate of drug-likeness (QED) is 0.597. The van der Waals surface area contributed by atoms with Crippen LogP contribution in [0.5, 0.6) is 0 Å². The van der Waals surface area contributed by atoms with Gasteiger partial charge in [-0.3, -0.25) is 0 Å². The molecule has 2 heterocycles. The van der Waals surface area contributed by atoms with E-state index >= 15 is 0 Å². The summed E-state index contributed by atoms with van der Waals surface area (Å²) in [6.07, 6.45) is 5.89. The first-order valence-electron chi connectivity index (χ1n) is 8.30. The first kappa shape index (κ1) is 19.6. The first-order valence-corrected chi connectivity index (χ1v) is 10.6. The van der Waals surface area contributed by atoms with Gasteiger partial charge < -0.3 is 15.4 Å². The number of nitrogens with two attached hydrogens (primary N) is 1. The van der Waals surface area contributed by atoms with Crippen LogP contribution in [-0.4, -0.2) is 32.9 Å². The van der Waals surface area contributed by atoms with Gasteiger partial charge in [0.05, 0.1) is 16.0 Å². The molecule has 0 amide bonds. The van der Waals surface area contributed by atoms with Crippen molar-refractivity contribution in [2.45, 2.75) is 30.2 Å². The monoisotopic (exact) mass is 454 g/mol. The molecule has 1 atom stereocenters. The lowest BCUT2D eigenvalue weighted by atomic mass is 10.2. The van der Waals surface area contributed by atoms with Crippen molar-refractivity contribution in [2.75, 3.05) is 11.9 Å². The highest BCUT2D eigenvalue weighted by Gasteiger charge is 2.27. The minimum Gasteiger partial charge on any atom is -0.464 e. The van der Waals surface area contributed by atoms with Crippen molar-refractivity contribution < 1.29 is 17.9 Å². The lowest BCUT2D eigenvalue weighted by Crippen LogP contribution is -2.33. The second-order valence-electron chi connectivity index (χ2n) is 6.04. The number of carbonyl (C=O) groups is 1. The molecule has 0 bridgehead atoms. The summed E-state index contributed by atoms with van der Waals surface area (Å²) < 4.78 is 28.4. The molecule has 2 aliphatic heterocycles. The number of benzene rings is 1. The van der Waals surface area contributed by atoms with Gasteiger partial charge in [0.15, 0.2) is 0 Å². The summed E-state index contributed by atoms with van der Waals surface area (Å²) in [6.45, 7) is 0.391. The van der Waals surface area contributed by atoms with Crippen LogP contribution in [0.2, 0.25) is 0 Å². The van der Waals surface area contributed by atoms with E-state index in [0.29, 0.717) is 36.8 Å². The fraction of sp³-hybridized carbons (Fsp3) is 0.294. The number of nitrogens with one attached hydrogen (secondary N) is 2. The molecule has 3 rings (SSSR count). The second kappa shape index (κ2) is 8.24. The number of ether oxygens (including phenoxy) is 1. The Morgan fingerprint density at radius 2 is 2.00 bits per heavy atom. The molecular formula is C17H19BrN4O4S. The fourth-order valence-electron chi connectivity index (χ4n) is 2.61. The Morgan fingerprint density at radius 3 is 2.63 bits per heavy atom. The number of allylic oxidation sites excluding steroid dienone is 3. The van der Waals surface area contributed by atoms with Gasteiger partial charge in [-0.1, -0.05) is 6.08 Å². The number of primary sulfonamides is 1. The molecular weight excluding hydrogens is 436 g/mol. The summed E-state index contributed by atoms with van der Waals surface area (Å²) in [5, 5.41) is 11.4. The van der Waals surface area contributed by atoms with Gasteiger partial charge in [0, 0.05) is 18.5 Å². The molecule has 1 saturated heterocycles. The maximum Gasteiger partial charge on any atom is 0.328 e. The summed E-state index contributed by atoms with van der Waals surface area (Å²) >= 11 is 3.47. The first-order chi connectivity index (χ1) is 12.8. The summed E-state index contributed by atoms with van der Waals surface area (Å²) in [5.74, 6) is 0.907. The molecule has 0 saturated carbocycles. The van der Waals surface area contributed by atoms with Gasteiger partial charge in [-0.25, -0.2) is 23.3 Å². The SMILES string of the molecule is NS(=O)(=O)c1ccc(N/C2=N/C(NC3CCOC3=O)=C(Br)\C=C/CC2)cc1. The van der Waals surface area contributed by atoms with E-state index < -0.39 is 16.1 Å². The van der Waals surface area contributed by atoms with Crippen molar-refractivity contribution in [3.63, 3.8) is 0 Å². The highest BCUT2D eigenvalue weighted by Crippen LogP contribution is 2.21.